The van der Waals surface area contributed by atoms with E-state index >= 15 is 0 Å². The van der Waals surface area contributed by atoms with Gasteiger partial charge in [0.25, 0.3) is 0 Å². The number of benzene rings is 1. The van der Waals surface area contributed by atoms with E-state index in [4.69, 9.17) is 22.1 Å². The topological polar surface area (TPSA) is 41.7 Å². The van der Waals surface area contributed by atoms with Gasteiger partial charge in [0.15, 0.2) is 0 Å². The van der Waals surface area contributed by atoms with Gasteiger partial charge >= 0.3 is 0 Å². The molecule has 1 fully saturated rings. The van der Waals surface area contributed by atoms with E-state index in [0.29, 0.717) is 11.6 Å². The summed E-state index contributed by atoms with van der Waals surface area (Å²) in [4.78, 5) is 4.78. The molecule has 0 amide bonds. The first-order chi connectivity index (χ1) is 9.56. The van der Waals surface area contributed by atoms with Crippen LogP contribution >= 0.6 is 11.6 Å². The van der Waals surface area contributed by atoms with E-state index in [1.54, 1.807) is 0 Å². The highest BCUT2D eigenvalue weighted by Gasteiger charge is 2.14. The van der Waals surface area contributed by atoms with Crippen molar-refractivity contribution in [3.05, 3.63) is 28.8 Å². The molecule has 1 aliphatic heterocycles. The van der Waals surface area contributed by atoms with Gasteiger partial charge in [0.2, 0.25) is 0 Å². The Balaban J connectivity index is 1.85. The van der Waals surface area contributed by atoms with Crippen molar-refractivity contribution in [1.29, 1.82) is 0 Å². The molecule has 0 aliphatic carbocycles. The molecule has 0 radical (unpaired) electrons. The summed E-state index contributed by atoms with van der Waals surface area (Å²) in [6, 6.07) is 5.56. The van der Waals surface area contributed by atoms with Crippen LogP contribution in [0.3, 0.4) is 0 Å². The minimum Gasteiger partial charge on any atom is -0.492 e. The number of rotatable bonds is 5. The molecule has 0 aromatic heterocycles. The molecule has 1 saturated heterocycles. The van der Waals surface area contributed by atoms with Crippen molar-refractivity contribution in [3.8, 4) is 5.75 Å². The molecule has 4 nitrogen and oxygen atoms in total. The van der Waals surface area contributed by atoms with Crippen LogP contribution in [0, 0.1) is 0 Å². The highest BCUT2D eigenvalue weighted by atomic mass is 35.5. The lowest BCUT2D eigenvalue weighted by Gasteiger charge is -2.32. The number of halogens is 1. The lowest BCUT2D eigenvalue weighted by Crippen LogP contribution is -2.45. The van der Waals surface area contributed by atoms with E-state index in [1.165, 1.54) is 0 Å². The molecule has 1 heterocycles. The third-order valence-corrected chi connectivity index (χ3v) is 3.96. The minimum atomic E-state index is -0.0765. The fraction of sp³-hybridized carbons (Fsp3) is 0.600. The molecule has 0 bridgehead atoms. The van der Waals surface area contributed by atoms with E-state index in [0.717, 1.165) is 44.0 Å². The molecular formula is C15H24ClN3O. The first-order valence-electron chi connectivity index (χ1n) is 7.15. The first-order valence-corrected chi connectivity index (χ1v) is 7.53. The van der Waals surface area contributed by atoms with Gasteiger partial charge in [-0.15, -0.1) is 0 Å². The van der Waals surface area contributed by atoms with Crippen LogP contribution in [0.4, 0.5) is 0 Å². The summed E-state index contributed by atoms with van der Waals surface area (Å²) in [5.74, 6) is 0.846. The Morgan fingerprint density at radius 3 is 2.65 bits per heavy atom. The maximum Gasteiger partial charge on any atom is 0.124 e. The summed E-state index contributed by atoms with van der Waals surface area (Å²) >= 11 is 6.01. The van der Waals surface area contributed by atoms with Gasteiger partial charge < -0.3 is 15.4 Å². The van der Waals surface area contributed by atoms with E-state index in [-0.39, 0.29) is 6.04 Å². The van der Waals surface area contributed by atoms with Crippen LogP contribution in [-0.4, -0.2) is 56.2 Å². The molecule has 1 aromatic rings. The quantitative estimate of drug-likeness (QED) is 0.902. The Hall–Kier alpha value is -0.810. The Labute approximate surface area is 126 Å². The van der Waals surface area contributed by atoms with Crippen molar-refractivity contribution in [2.24, 2.45) is 5.73 Å². The van der Waals surface area contributed by atoms with Gasteiger partial charge in [-0.05, 0) is 32.2 Å². The van der Waals surface area contributed by atoms with Gasteiger partial charge in [0.05, 0.1) is 0 Å². The molecule has 112 valence electrons. The Bertz CT molecular complexity index is 431. The predicted octanol–water partition coefficient (Wildman–Crippen LogP) is 1.99. The van der Waals surface area contributed by atoms with Crippen LogP contribution in [0.25, 0.3) is 0 Å². The average molecular weight is 298 g/mol. The molecule has 5 heteroatoms. The maximum absolute atomic E-state index is 6.01. The van der Waals surface area contributed by atoms with E-state index < -0.39 is 0 Å². The molecule has 0 saturated carbocycles. The fourth-order valence-corrected chi connectivity index (χ4v) is 2.54. The zero-order valence-corrected chi connectivity index (χ0v) is 13.1. The molecule has 0 spiro atoms. The van der Waals surface area contributed by atoms with Gasteiger partial charge in [-0.3, -0.25) is 4.90 Å². The summed E-state index contributed by atoms with van der Waals surface area (Å²) in [6.45, 7) is 8.07. The van der Waals surface area contributed by atoms with E-state index in [1.807, 2.05) is 25.1 Å². The van der Waals surface area contributed by atoms with Crippen molar-refractivity contribution < 1.29 is 4.74 Å². The van der Waals surface area contributed by atoms with Gasteiger partial charge in [-0.25, -0.2) is 0 Å². The average Bonchev–Trinajstić information content (AvgIpc) is 2.42. The molecule has 0 unspecified atom stereocenters. The number of nitrogens with zero attached hydrogens (tertiary/aromatic N) is 2. The highest BCUT2D eigenvalue weighted by molar-refractivity contribution is 6.30. The zero-order valence-electron chi connectivity index (χ0n) is 12.3. The van der Waals surface area contributed by atoms with Crippen molar-refractivity contribution in [2.75, 3.05) is 46.4 Å². The largest absolute Gasteiger partial charge is 0.492 e. The molecule has 1 aromatic carbocycles. The second-order valence-corrected chi connectivity index (χ2v) is 5.90. The SMILES string of the molecule is C[C@@H](N)c1cc(Cl)ccc1OCCN1CCN(C)CC1. The second-order valence-electron chi connectivity index (χ2n) is 5.46. The summed E-state index contributed by atoms with van der Waals surface area (Å²) in [5, 5.41) is 0.698. The molecule has 2 rings (SSSR count). The van der Waals surface area contributed by atoms with E-state index in [2.05, 4.69) is 16.8 Å². The molecular weight excluding hydrogens is 274 g/mol. The van der Waals surface area contributed by atoms with Crippen LogP contribution in [0.15, 0.2) is 18.2 Å². The molecule has 20 heavy (non-hydrogen) atoms. The molecule has 1 atom stereocenters. The number of likely N-dealkylation sites (N-methyl/N-ethyl adjacent to an activating group) is 1. The number of ether oxygens (including phenoxy) is 1. The third-order valence-electron chi connectivity index (χ3n) is 3.72. The highest BCUT2D eigenvalue weighted by Crippen LogP contribution is 2.27. The predicted molar refractivity (Wildman–Crippen MR) is 83.5 cm³/mol. The standard InChI is InChI=1S/C15H24ClN3O/c1-12(17)14-11-13(16)3-4-15(14)20-10-9-19-7-5-18(2)6-8-19/h3-4,11-12H,5-10,17H2,1-2H3/t12-/m1/s1. The number of piperazine rings is 1. The Morgan fingerprint density at radius 1 is 1.30 bits per heavy atom. The smallest absolute Gasteiger partial charge is 0.124 e. The number of nitrogens with two attached hydrogens (primary N) is 1. The van der Waals surface area contributed by atoms with Crippen LogP contribution in [-0.2, 0) is 0 Å². The number of hydrogen-bond donors (Lipinski definition) is 1. The number of hydrogen-bond acceptors (Lipinski definition) is 4. The summed E-state index contributed by atoms with van der Waals surface area (Å²) in [5.41, 5.74) is 6.93. The van der Waals surface area contributed by atoms with Gasteiger partial charge in [0, 0.05) is 49.4 Å². The lowest BCUT2D eigenvalue weighted by atomic mass is 10.1. The zero-order chi connectivity index (χ0) is 14.5. The summed E-state index contributed by atoms with van der Waals surface area (Å²) in [6.07, 6.45) is 0. The monoisotopic (exact) mass is 297 g/mol. The normalized spacial score (nSPS) is 19.0. The maximum atomic E-state index is 6.01. The van der Waals surface area contributed by atoms with Crippen LogP contribution < -0.4 is 10.5 Å². The molecule has 1 aliphatic rings. The Kier molecular flexibility index (Phi) is 5.66. The molecule has 2 N–H and O–H groups in total. The summed E-state index contributed by atoms with van der Waals surface area (Å²) < 4.78 is 5.89. The van der Waals surface area contributed by atoms with Crippen LogP contribution in [0.5, 0.6) is 5.75 Å². The lowest BCUT2D eigenvalue weighted by molar-refractivity contribution is 0.133. The van der Waals surface area contributed by atoms with Gasteiger partial charge in [0.1, 0.15) is 12.4 Å². The third kappa shape index (κ3) is 4.35. The van der Waals surface area contributed by atoms with Crippen molar-refractivity contribution >= 4 is 11.6 Å². The first kappa shape index (κ1) is 15.6. The van der Waals surface area contributed by atoms with Gasteiger partial charge in [-0.2, -0.15) is 0 Å². The summed E-state index contributed by atoms with van der Waals surface area (Å²) in [7, 11) is 2.16. The van der Waals surface area contributed by atoms with E-state index in [9.17, 15) is 0 Å². The fourth-order valence-electron chi connectivity index (χ4n) is 2.36. The van der Waals surface area contributed by atoms with Crippen LogP contribution in [0.2, 0.25) is 5.02 Å². The van der Waals surface area contributed by atoms with Crippen molar-refractivity contribution in [1.82, 2.24) is 9.80 Å². The van der Waals surface area contributed by atoms with Gasteiger partial charge in [-0.1, -0.05) is 11.6 Å². The van der Waals surface area contributed by atoms with Crippen molar-refractivity contribution in [3.63, 3.8) is 0 Å². The minimum absolute atomic E-state index is 0.0765. The van der Waals surface area contributed by atoms with Crippen molar-refractivity contribution in [2.45, 2.75) is 13.0 Å². The Morgan fingerprint density at radius 2 is 2.00 bits per heavy atom. The second kappa shape index (κ2) is 7.27. The van der Waals surface area contributed by atoms with Crippen LogP contribution in [0.1, 0.15) is 18.5 Å².